The molecule has 192 valence electrons. The van der Waals surface area contributed by atoms with Crippen molar-refractivity contribution in [3.8, 4) is 5.75 Å². The first-order chi connectivity index (χ1) is 16.4. The van der Waals surface area contributed by atoms with E-state index in [0.717, 1.165) is 59.6 Å². The van der Waals surface area contributed by atoms with Crippen molar-refractivity contribution in [1.29, 1.82) is 0 Å². The Bertz CT molecular complexity index is 922. The third-order valence-corrected chi connectivity index (χ3v) is 15.5. The smallest absolute Gasteiger partial charge is 0.150 e. The summed E-state index contributed by atoms with van der Waals surface area (Å²) in [7, 11) is 0.111. The Kier molecular flexibility index (Phi) is 6.47. The van der Waals surface area contributed by atoms with Crippen LogP contribution in [0.1, 0.15) is 67.2 Å². The van der Waals surface area contributed by atoms with Gasteiger partial charge in [0.05, 0.1) is 7.11 Å². The molecule has 6 aliphatic carbocycles. The van der Waals surface area contributed by atoms with Crippen LogP contribution in [0.2, 0.25) is 31.0 Å². The zero-order valence-corrected chi connectivity index (χ0v) is 25.1. The minimum atomic E-state index is -1.71. The number of hydrogen-bond donors (Lipinski definition) is 0. The molecule has 7 rings (SSSR count). The SMILES string of the molecule is COc1ccccc1[Si](C)(C)/C=C/CB([C@@H]1C[C@@H]2C[C@H]([C@H]1C)C2(C)C)[C@@H]1C[C@@H]2C[C@H]([C@H]1C)C2(C)C. The van der Waals surface area contributed by atoms with Gasteiger partial charge in [0.1, 0.15) is 13.8 Å². The Morgan fingerprint density at radius 1 is 0.886 bits per heavy atom. The van der Waals surface area contributed by atoms with E-state index in [1.807, 2.05) is 7.11 Å². The van der Waals surface area contributed by atoms with Crippen LogP contribution in [0.5, 0.6) is 5.75 Å². The van der Waals surface area contributed by atoms with Crippen LogP contribution in [-0.4, -0.2) is 21.9 Å². The van der Waals surface area contributed by atoms with Gasteiger partial charge < -0.3 is 4.74 Å². The number of hydrogen-bond acceptors (Lipinski definition) is 1. The Hall–Kier alpha value is -0.958. The van der Waals surface area contributed by atoms with Crippen LogP contribution in [0.15, 0.2) is 36.0 Å². The van der Waals surface area contributed by atoms with Gasteiger partial charge in [-0.2, -0.15) is 0 Å². The van der Waals surface area contributed by atoms with Gasteiger partial charge in [-0.15, -0.1) is 0 Å². The molecule has 8 atom stereocenters. The van der Waals surface area contributed by atoms with Crippen molar-refractivity contribution in [2.24, 2.45) is 46.3 Å². The molecule has 0 aliphatic heterocycles. The van der Waals surface area contributed by atoms with Crippen molar-refractivity contribution >= 4 is 20.0 Å². The molecular formula is C32H51BOSi. The summed E-state index contributed by atoms with van der Waals surface area (Å²) in [5, 5.41) is 1.43. The third-order valence-electron chi connectivity index (χ3n) is 12.7. The number of fused-ring (bicyclic) bond motifs is 4. The summed E-state index contributed by atoms with van der Waals surface area (Å²) in [6.07, 6.45) is 9.89. The predicted octanol–water partition coefficient (Wildman–Crippen LogP) is 8.35. The topological polar surface area (TPSA) is 9.23 Å². The number of ether oxygens (including phenoxy) is 1. The fourth-order valence-electron chi connectivity index (χ4n) is 9.96. The van der Waals surface area contributed by atoms with E-state index >= 15 is 0 Å². The number of benzene rings is 1. The molecule has 6 saturated carbocycles. The molecule has 0 spiro atoms. The third kappa shape index (κ3) is 4.02. The lowest BCUT2D eigenvalue weighted by atomic mass is 9.20. The second kappa shape index (κ2) is 8.81. The van der Waals surface area contributed by atoms with Crippen LogP contribution < -0.4 is 9.92 Å². The standard InChI is InChI=1S/C32H51BOSi/c1-21-25-17-23(31(25,3)4)19-27(21)33(28-20-24-18-26(22(28)2)32(24,5)6)15-12-16-35(8,9)30-14-11-10-13-29(30)34-7/h10-14,16,21-28H,15,17-20H2,1-9H3/b16-12+/t21-,22-,23+,24+,25-,26-,27-,28-/m1/s1. The first kappa shape index (κ1) is 25.7. The highest BCUT2D eigenvalue weighted by Crippen LogP contribution is 2.69. The van der Waals surface area contributed by atoms with E-state index in [0.29, 0.717) is 10.8 Å². The molecule has 3 heteroatoms. The normalized spacial score (nSPS) is 39.0. The molecular weight excluding hydrogens is 439 g/mol. The van der Waals surface area contributed by atoms with E-state index in [-0.39, 0.29) is 0 Å². The first-order valence-electron chi connectivity index (χ1n) is 14.7. The zero-order chi connectivity index (χ0) is 25.3. The zero-order valence-electron chi connectivity index (χ0n) is 24.1. The molecule has 0 saturated heterocycles. The summed E-state index contributed by atoms with van der Waals surface area (Å²) < 4.78 is 5.75. The maximum Gasteiger partial charge on any atom is 0.150 e. The quantitative estimate of drug-likeness (QED) is 0.349. The van der Waals surface area contributed by atoms with Crippen molar-refractivity contribution in [2.45, 2.75) is 98.3 Å². The fraction of sp³-hybridized carbons (Fsp3) is 0.750. The largest absolute Gasteiger partial charge is 0.497 e. The number of rotatable bonds is 7. The minimum absolute atomic E-state index is 0.581. The summed E-state index contributed by atoms with van der Waals surface area (Å²) in [6.45, 7) is 21.4. The predicted molar refractivity (Wildman–Crippen MR) is 156 cm³/mol. The second-order valence-electron chi connectivity index (χ2n) is 15.0. The molecule has 1 aromatic carbocycles. The second-order valence-corrected chi connectivity index (χ2v) is 19.3. The van der Waals surface area contributed by atoms with Gasteiger partial charge in [-0.1, -0.05) is 115 Å². The van der Waals surface area contributed by atoms with Crippen LogP contribution in [0.25, 0.3) is 0 Å². The van der Waals surface area contributed by atoms with Gasteiger partial charge in [0, 0.05) is 0 Å². The summed E-state index contributed by atoms with van der Waals surface area (Å²) in [5.41, 5.74) is 3.79. The number of para-hydroxylation sites is 1. The van der Waals surface area contributed by atoms with Crippen molar-refractivity contribution < 1.29 is 4.74 Å². The van der Waals surface area contributed by atoms with E-state index < -0.39 is 8.07 Å². The molecule has 0 aromatic heterocycles. The lowest BCUT2D eigenvalue weighted by Gasteiger charge is -2.66. The van der Waals surface area contributed by atoms with Crippen LogP contribution in [0.4, 0.5) is 0 Å². The molecule has 6 fully saturated rings. The van der Waals surface area contributed by atoms with Crippen molar-refractivity contribution in [1.82, 2.24) is 0 Å². The highest BCUT2D eigenvalue weighted by Gasteiger charge is 2.62. The summed E-state index contributed by atoms with van der Waals surface area (Å²) in [5.74, 6) is 8.48. The monoisotopic (exact) mass is 490 g/mol. The van der Waals surface area contributed by atoms with Gasteiger partial charge in [-0.05, 0) is 70.4 Å². The van der Waals surface area contributed by atoms with Crippen molar-refractivity contribution in [2.75, 3.05) is 7.11 Å². The maximum absolute atomic E-state index is 5.75. The average molecular weight is 491 g/mol. The summed E-state index contributed by atoms with van der Waals surface area (Å²) >= 11 is 0. The molecule has 35 heavy (non-hydrogen) atoms. The maximum atomic E-state index is 5.75. The van der Waals surface area contributed by atoms with Gasteiger partial charge in [0.25, 0.3) is 0 Å². The lowest BCUT2D eigenvalue weighted by Crippen LogP contribution is -2.59. The van der Waals surface area contributed by atoms with Crippen LogP contribution in [0, 0.1) is 46.3 Å². The lowest BCUT2D eigenvalue weighted by molar-refractivity contribution is -0.107. The summed E-state index contributed by atoms with van der Waals surface area (Å²) in [6, 6.07) is 8.71. The van der Waals surface area contributed by atoms with Crippen LogP contribution in [-0.2, 0) is 0 Å². The highest BCUT2D eigenvalue weighted by molar-refractivity contribution is 6.94. The molecule has 0 N–H and O–H groups in total. The fourth-order valence-corrected chi connectivity index (χ4v) is 12.2. The van der Waals surface area contributed by atoms with Gasteiger partial charge in [-0.25, -0.2) is 0 Å². The molecule has 4 bridgehead atoms. The summed E-state index contributed by atoms with van der Waals surface area (Å²) in [4.78, 5) is 0. The molecule has 6 aliphatic rings. The van der Waals surface area contributed by atoms with Gasteiger partial charge in [0.15, 0.2) is 6.71 Å². The van der Waals surface area contributed by atoms with E-state index in [2.05, 4.69) is 90.7 Å². The number of allylic oxidation sites excluding steroid dienone is 1. The number of methoxy groups -OCH3 is 1. The van der Waals surface area contributed by atoms with Gasteiger partial charge >= 0.3 is 0 Å². The Morgan fingerprint density at radius 2 is 1.40 bits per heavy atom. The van der Waals surface area contributed by atoms with Crippen molar-refractivity contribution in [3.63, 3.8) is 0 Å². The molecule has 1 nitrogen and oxygen atoms in total. The van der Waals surface area contributed by atoms with Crippen LogP contribution >= 0.6 is 0 Å². The van der Waals surface area contributed by atoms with Gasteiger partial charge in [-0.3, -0.25) is 0 Å². The molecule has 1 aromatic rings. The van der Waals surface area contributed by atoms with E-state index in [1.54, 1.807) is 0 Å². The highest BCUT2D eigenvalue weighted by atomic mass is 28.3. The Balaban J connectivity index is 1.39. The Labute approximate surface area is 218 Å². The molecule has 0 unspecified atom stereocenters. The first-order valence-corrected chi connectivity index (χ1v) is 17.8. The Morgan fingerprint density at radius 3 is 1.86 bits per heavy atom. The molecule has 0 heterocycles. The average Bonchev–Trinajstić information content (AvgIpc) is 2.81. The minimum Gasteiger partial charge on any atom is -0.497 e. The molecule has 0 amide bonds. The van der Waals surface area contributed by atoms with Gasteiger partial charge in [0.2, 0.25) is 0 Å². The van der Waals surface area contributed by atoms with E-state index in [4.69, 9.17) is 4.74 Å². The van der Waals surface area contributed by atoms with Crippen LogP contribution in [0.3, 0.4) is 0 Å². The van der Waals surface area contributed by atoms with E-state index in [9.17, 15) is 0 Å². The molecule has 0 radical (unpaired) electrons. The van der Waals surface area contributed by atoms with Crippen molar-refractivity contribution in [3.05, 3.63) is 36.0 Å². The van der Waals surface area contributed by atoms with E-state index in [1.165, 1.54) is 37.2 Å².